The Bertz CT molecular complexity index is 3250. The van der Waals surface area contributed by atoms with E-state index in [4.69, 9.17) is 26.7 Å². The summed E-state index contributed by atoms with van der Waals surface area (Å²) in [5.74, 6) is -11.2. The van der Waals surface area contributed by atoms with Gasteiger partial charge in [0.2, 0.25) is 53.2 Å². The van der Waals surface area contributed by atoms with Crippen LogP contribution in [0, 0.1) is 0 Å². The lowest BCUT2D eigenvalue weighted by Crippen LogP contribution is -2.60. The van der Waals surface area contributed by atoms with E-state index < -0.39 is 157 Å². The molecule has 4 rings (SSSR count). The number of carbonyl (C=O) groups excluding carboxylic acids is 11. The van der Waals surface area contributed by atoms with Gasteiger partial charge in [-0.1, -0.05) is 198 Å². The number of likely N-dealkylation sites (tertiary alicyclic amines) is 2. The van der Waals surface area contributed by atoms with Crippen LogP contribution in [0.1, 0.15) is 276 Å². The molecule has 2 aliphatic rings. The Balaban J connectivity index is 1.36. The van der Waals surface area contributed by atoms with Crippen molar-refractivity contribution in [1.82, 2.24) is 57.0 Å². The van der Waals surface area contributed by atoms with Crippen molar-refractivity contribution in [3.8, 4) is 0 Å². The summed E-state index contributed by atoms with van der Waals surface area (Å²) in [6.07, 6.45) is 33.6. The lowest BCUT2D eigenvalue weighted by molar-refractivity contribution is -0.157. The van der Waals surface area contributed by atoms with Crippen molar-refractivity contribution in [1.29, 1.82) is 0 Å². The van der Waals surface area contributed by atoms with Gasteiger partial charge in [-0.15, -0.1) is 0 Å². The van der Waals surface area contributed by atoms with Gasteiger partial charge in [-0.3, -0.25) is 57.5 Å². The second-order valence-corrected chi connectivity index (χ2v) is 32.2. The Kier molecular flexibility index (Phi) is 52.8. The summed E-state index contributed by atoms with van der Waals surface area (Å²) in [5, 5.41) is 48.0. The highest BCUT2D eigenvalue weighted by Crippen LogP contribution is 2.24. The third-order valence-corrected chi connectivity index (χ3v) is 22.4. The number of aliphatic carboxylic acids is 2. The largest absolute Gasteiger partial charge is 0.481 e. The van der Waals surface area contributed by atoms with Crippen LogP contribution in [-0.2, 0) is 84.6 Å². The fraction of sp³-hybridized carbons (Fsp3) is 0.738. The van der Waals surface area contributed by atoms with E-state index in [1.165, 1.54) is 145 Å². The molecular weight excluding hydrogens is 1530 g/mol. The van der Waals surface area contributed by atoms with Crippen molar-refractivity contribution in [2.75, 3.05) is 57.4 Å². The lowest BCUT2D eigenvalue weighted by Gasteiger charge is -2.31. The number of carboxylic acids is 2. The first kappa shape index (κ1) is 101. The van der Waals surface area contributed by atoms with Gasteiger partial charge >= 0.3 is 23.9 Å². The minimum absolute atomic E-state index is 0.00653. The number of esters is 2. The maximum atomic E-state index is 14.9. The molecule has 0 radical (unpaired) electrons. The Hall–Kier alpha value is -8.27. The topological polar surface area (TPSA) is 498 Å². The fourth-order valence-corrected chi connectivity index (χ4v) is 15.4. The second kappa shape index (κ2) is 61.1. The zero-order chi connectivity index (χ0) is 85.4. The van der Waals surface area contributed by atoms with Crippen LogP contribution in [0.4, 0.5) is 0 Å². The molecule has 33 heteroatoms. The number of thioether (sulfide) groups is 1. The number of unbranched alkanes of at least 4 members (excludes halogenated alkanes) is 26. The normalized spacial score (nSPS) is 15.9. The van der Waals surface area contributed by atoms with Crippen molar-refractivity contribution in [3.05, 3.63) is 54.1 Å². The number of nitrogens with zero attached hydrogens (tertiary/aromatic N) is 3. The molecule has 2 aromatic rings. The molecule has 2 fully saturated rings. The van der Waals surface area contributed by atoms with Crippen LogP contribution >= 0.6 is 11.8 Å². The van der Waals surface area contributed by atoms with E-state index in [0.29, 0.717) is 56.2 Å². The third-order valence-electron chi connectivity index (χ3n) is 21.2. The highest BCUT2D eigenvalue weighted by atomic mass is 32.2. The predicted octanol–water partition coefficient (Wildman–Crippen LogP) is 6.49. The van der Waals surface area contributed by atoms with Crippen molar-refractivity contribution in [3.63, 3.8) is 0 Å². The Labute approximate surface area is 695 Å². The number of aliphatic hydroxyl groups is 1. The van der Waals surface area contributed by atoms with Gasteiger partial charge in [0.1, 0.15) is 61.0 Å². The highest BCUT2D eigenvalue weighted by Gasteiger charge is 2.43. The number of hydrogen-bond acceptors (Lipinski definition) is 21. The molecule has 660 valence electrons. The zero-order valence-electron chi connectivity index (χ0n) is 69.6. The first-order valence-electron chi connectivity index (χ1n) is 43.4. The summed E-state index contributed by atoms with van der Waals surface area (Å²) >= 11 is 1.18. The monoisotopic (exact) mass is 1670 g/mol. The number of carboxylic acid groups (broad SMARTS) is 2. The molecule has 1 aromatic heterocycles. The lowest BCUT2D eigenvalue weighted by atomic mass is 10.0. The number of imidazole rings is 1. The van der Waals surface area contributed by atoms with Crippen LogP contribution in [0.25, 0.3) is 0 Å². The Morgan fingerprint density at radius 3 is 1.45 bits per heavy atom. The highest BCUT2D eigenvalue weighted by molar-refractivity contribution is 7.99. The van der Waals surface area contributed by atoms with Gasteiger partial charge in [0.05, 0.1) is 31.9 Å². The van der Waals surface area contributed by atoms with Gasteiger partial charge in [0.15, 0.2) is 0 Å². The van der Waals surface area contributed by atoms with Crippen molar-refractivity contribution in [2.24, 2.45) is 17.2 Å². The molecular formula is C84H140N14O18S. The predicted molar refractivity (Wildman–Crippen MR) is 446 cm³/mol. The SMILES string of the molecule is CCCCCCCCCCCCCCCC(=O)OCC(CSCC(N)C(=O)NCC(=O)NC(CC(=O)O)C(=O)N1CCCC1C(=O)NC(CCCCN)C(=O)NC(Cc1cnc[nH]1)C(=O)N1CCCC1C(=O)NC(CCCCN)C(=O)NC(CO)C(=O)NC(Cc1ccccc1)C(=O)O)OC(=O)CCCCCCCCCCCCCCC. The number of nitrogens with two attached hydrogens (primary N) is 3. The second-order valence-electron chi connectivity index (χ2n) is 31.1. The number of nitrogens with one attached hydrogen (secondary N) is 8. The average molecular weight is 1670 g/mol. The van der Waals surface area contributed by atoms with Crippen LogP contribution in [-0.4, -0.2) is 230 Å². The summed E-state index contributed by atoms with van der Waals surface area (Å²) in [4.78, 5) is 187. The molecule has 32 nitrogen and oxygen atoms in total. The summed E-state index contributed by atoms with van der Waals surface area (Å²) in [6, 6.07) is -4.04. The Morgan fingerprint density at radius 1 is 0.530 bits per heavy atom. The van der Waals surface area contributed by atoms with Gasteiger partial charge in [-0.05, 0) is 95.7 Å². The molecule has 3 heterocycles. The molecule has 10 unspecified atom stereocenters. The van der Waals surface area contributed by atoms with Crippen molar-refractivity contribution < 1.29 is 87.1 Å². The number of aromatic amines is 1. The minimum atomic E-state index is -1.73. The average Bonchev–Trinajstić information content (AvgIpc) is 1.70. The molecule has 17 N–H and O–H groups in total. The van der Waals surface area contributed by atoms with Crippen LogP contribution < -0.4 is 54.4 Å². The van der Waals surface area contributed by atoms with Crippen molar-refractivity contribution >= 4 is 88.8 Å². The molecule has 9 amide bonds. The van der Waals surface area contributed by atoms with E-state index in [9.17, 15) is 77.6 Å². The van der Waals surface area contributed by atoms with Crippen LogP contribution in [0.2, 0.25) is 0 Å². The summed E-state index contributed by atoms with van der Waals surface area (Å²) in [7, 11) is 0. The van der Waals surface area contributed by atoms with E-state index in [1.807, 2.05) is 0 Å². The van der Waals surface area contributed by atoms with Gasteiger partial charge in [0.25, 0.3) is 0 Å². The van der Waals surface area contributed by atoms with Crippen molar-refractivity contribution in [2.45, 2.75) is 338 Å². The number of rotatable bonds is 67. The maximum Gasteiger partial charge on any atom is 0.326 e. The number of benzene rings is 1. The Morgan fingerprint density at radius 2 is 0.991 bits per heavy atom. The maximum absolute atomic E-state index is 14.9. The molecule has 0 spiro atoms. The number of carbonyl (C=O) groups is 13. The van der Waals surface area contributed by atoms with Gasteiger partial charge in [0, 0.05) is 62.2 Å². The van der Waals surface area contributed by atoms with Crippen LogP contribution in [0.15, 0.2) is 42.9 Å². The first-order valence-corrected chi connectivity index (χ1v) is 44.5. The molecule has 10 atom stereocenters. The fourth-order valence-electron chi connectivity index (χ4n) is 14.5. The molecule has 2 aliphatic heterocycles. The minimum Gasteiger partial charge on any atom is -0.481 e. The molecule has 1 aromatic carbocycles. The quantitative estimate of drug-likeness (QED) is 0.0248. The number of ether oxygens (including phenoxy) is 2. The van der Waals surface area contributed by atoms with Gasteiger partial charge in [-0.25, -0.2) is 9.78 Å². The number of hydrogen-bond donors (Lipinski definition) is 14. The standard InChI is InChI=1S/C84H140N14O18S/c1-3-5-7-9-11-13-15-17-19-21-23-25-30-44-74(103)115-56-62(116-75(104)45-31-26-24-22-20-18-16-14-12-10-8-6-4-2)57-117-58-63(87)76(105)89-54-72(100)91-67(52-73(101)102)83(112)98-49-37-43-71(98)81(110)92-64(40-32-34-46-85)77(106)94-66(51-61-53-88-59-90-61)82(111)97-48-36-42-70(97)80(109)93-65(41-33-35-47-86)78(107)96-69(55-99)79(108)95-68(84(113)114)50-60-38-28-27-29-39-60/h27-29,38-39,53,59,62-71,99H,3-26,30-37,40-52,54-58,85-87H2,1-2H3,(H,88,90)(H,89,105)(H,91,100)(H,92,110)(H,93,109)(H,94,106)(H,95,108)(H,96,107)(H,101,102)(H,113,114). The van der Waals surface area contributed by atoms with Crippen LogP contribution in [0.3, 0.4) is 0 Å². The summed E-state index contributed by atoms with van der Waals surface area (Å²) in [5.41, 5.74) is 18.9. The number of H-pyrrole nitrogens is 1. The summed E-state index contributed by atoms with van der Waals surface area (Å²) in [6.45, 7) is 3.05. The van der Waals surface area contributed by atoms with E-state index in [1.54, 1.807) is 30.3 Å². The molecule has 117 heavy (non-hydrogen) atoms. The van der Waals surface area contributed by atoms with E-state index >= 15 is 0 Å². The number of aliphatic hydroxyl groups excluding tert-OH is 1. The van der Waals surface area contributed by atoms with Gasteiger partial charge < -0.3 is 94.0 Å². The molecule has 0 saturated carbocycles. The first-order chi connectivity index (χ1) is 56.5. The third kappa shape index (κ3) is 42.3. The van der Waals surface area contributed by atoms with E-state index in [0.717, 1.165) is 43.4 Å². The summed E-state index contributed by atoms with van der Waals surface area (Å²) < 4.78 is 11.5. The van der Waals surface area contributed by atoms with E-state index in [2.05, 4.69) is 61.0 Å². The zero-order valence-corrected chi connectivity index (χ0v) is 70.4. The van der Waals surface area contributed by atoms with E-state index in [-0.39, 0.29) is 102 Å². The van der Waals surface area contributed by atoms with Crippen LogP contribution in [0.5, 0.6) is 0 Å². The number of aromatic nitrogens is 2. The molecule has 2 saturated heterocycles. The number of amides is 9. The molecule has 0 aliphatic carbocycles. The molecule has 0 bridgehead atoms. The van der Waals surface area contributed by atoms with Gasteiger partial charge in [-0.2, -0.15) is 11.8 Å². The smallest absolute Gasteiger partial charge is 0.326 e.